The predicted molar refractivity (Wildman–Crippen MR) is 115 cm³/mol. The first-order chi connectivity index (χ1) is 14.3. The van der Waals surface area contributed by atoms with Crippen molar-refractivity contribution in [3.8, 4) is 11.5 Å². The summed E-state index contributed by atoms with van der Waals surface area (Å²) in [6.07, 6.45) is 0.656. The molecule has 7 nitrogen and oxygen atoms in total. The molecule has 1 atom stereocenters. The van der Waals surface area contributed by atoms with Gasteiger partial charge in [-0.05, 0) is 42.7 Å². The van der Waals surface area contributed by atoms with Crippen molar-refractivity contribution in [2.75, 3.05) is 31.4 Å². The Hall–Kier alpha value is -2.37. The molecule has 1 aliphatic rings. The van der Waals surface area contributed by atoms with Crippen LogP contribution in [0.25, 0.3) is 0 Å². The standard InChI is InChI=1S/C20H21F2NO6S.H2S/c1-27-17-7-6-14(30(25,26)12-13-8-9-28-11-13)10-15(17)19(24)23-16-4-2-3-5-18(16)29-20(21)22;/h2-7,10,13,20H,8-9,11-12H2,1H3,(H,23,24);1H2/t13-;/m0./s1. The van der Waals surface area contributed by atoms with E-state index in [-0.39, 0.29) is 52.8 Å². The zero-order valence-corrected chi connectivity index (χ0v) is 18.5. The molecule has 0 aliphatic carbocycles. The second-order valence-electron chi connectivity index (χ2n) is 6.70. The Labute approximate surface area is 186 Å². The zero-order chi connectivity index (χ0) is 21.7. The number of sulfone groups is 1. The highest BCUT2D eigenvalue weighted by atomic mass is 32.2. The van der Waals surface area contributed by atoms with E-state index in [1.54, 1.807) is 0 Å². The molecule has 1 amide bonds. The highest BCUT2D eigenvalue weighted by molar-refractivity contribution is 7.91. The fraction of sp³-hybridized carbons (Fsp3) is 0.350. The molecule has 3 rings (SSSR count). The van der Waals surface area contributed by atoms with Gasteiger partial charge in [0.05, 0.1) is 35.6 Å². The predicted octanol–water partition coefficient (Wildman–Crippen LogP) is 3.47. The number of rotatable bonds is 8. The van der Waals surface area contributed by atoms with E-state index >= 15 is 0 Å². The molecule has 11 heteroatoms. The lowest BCUT2D eigenvalue weighted by molar-refractivity contribution is -0.0493. The molecular formula is C20H23F2NO6S2. The van der Waals surface area contributed by atoms with E-state index < -0.39 is 22.4 Å². The molecule has 1 N–H and O–H groups in total. The highest BCUT2D eigenvalue weighted by Gasteiger charge is 2.26. The Balaban J connectivity index is 0.00000341. The van der Waals surface area contributed by atoms with Crippen molar-refractivity contribution < 1.29 is 36.2 Å². The monoisotopic (exact) mass is 475 g/mol. The lowest BCUT2D eigenvalue weighted by atomic mass is 10.1. The number of amides is 1. The van der Waals surface area contributed by atoms with E-state index in [4.69, 9.17) is 9.47 Å². The Morgan fingerprint density at radius 1 is 1.23 bits per heavy atom. The van der Waals surface area contributed by atoms with E-state index in [0.717, 1.165) is 0 Å². The highest BCUT2D eigenvalue weighted by Crippen LogP contribution is 2.29. The van der Waals surface area contributed by atoms with Gasteiger partial charge < -0.3 is 19.5 Å². The van der Waals surface area contributed by atoms with Crippen molar-refractivity contribution in [2.24, 2.45) is 5.92 Å². The number of para-hydroxylation sites is 2. The average molecular weight is 476 g/mol. The van der Waals surface area contributed by atoms with E-state index in [1.807, 2.05) is 0 Å². The van der Waals surface area contributed by atoms with Crippen LogP contribution in [0.5, 0.6) is 11.5 Å². The minimum Gasteiger partial charge on any atom is -0.496 e. The molecule has 170 valence electrons. The molecular weight excluding hydrogens is 452 g/mol. The molecule has 2 aromatic rings. The third-order valence-corrected chi connectivity index (χ3v) is 6.49. The van der Waals surface area contributed by atoms with Crippen LogP contribution in [0.2, 0.25) is 0 Å². The fourth-order valence-electron chi connectivity index (χ4n) is 3.14. The van der Waals surface area contributed by atoms with Crippen LogP contribution >= 0.6 is 13.5 Å². The second-order valence-corrected chi connectivity index (χ2v) is 8.74. The molecule has 0 aromatic heterocycles. The van der Waals surface area contributed by atoms with Crippen molar-refractivity contribution in [3.05, 3.63) is 48.0 Å². The first-order valence-electron chi connectivity index (χ1n) is 9.14. The summed E-state index contributed by atoms with van der Waals surface area (Å²) in [6, 6.07) is 9.66. The molecule has 0 saturated carbocycles. The van der Waals surface area contributed by atoms with Gasteiger partial charge in [-0.3, -0.25) is 4.79 Å². The van der Waals surface area contributed by atoms with Crippen LogP contribution in [-0.2, 0) is 14.6 Å². The zero-order valence-electron chi connectivity index (χ0n) is 16.6. The average Bonchev–Trinajstić information content (AvgIpc) is 3.20. The van der Waals surface area contributed by atoms with E-state index in [9.17, 15) is 22.0 Å². The molecule has 31 heavy (non-hydrogen) atoms. The van der Waals surface area contributed by atoms with Crippen molar-refractivity contribution in [1.82, 2.24) is 0 Å². The Morgan fingerprint density at radius 3 is 2.61 bits per heavy atom. The lowest BCUT2D eigenvalue weighted by Crippen LogP contribution is -2.18. The molecule has 1 fully saturated rings. The minimum absolute atomic E-state index is 0. The van der Waals surface area contributed by atoms with Crippen molar-refractivity contribution in [2.45, 2.75) is 17.9 Å². The number of hydrogen-bond acceptors (Lipinski definition) is 6. The van der Waals surface area contributed by atoms with Gasteiger partial charge in [-0.1, -0.05) is 12.1 Å². The number of nitrogens with one attached hydrogen (secondary N) is 1. The van der Waals surface area contributed by atoms with Crippen LogP contribution in [0, 0.1) is 5.92 Å². The Bertz CT molecular complexity index is 1010. The number of carbonyl (C=O) groups is 1. The number of benzene rings is 2. The van der Waals surface area contributed by atoms with Gasteiger partial charge in [0, 0.05) is 6.61 Å². The maximum atomic E-state index is 12.8. The second kappa shape index (κ2) is 10.8. The van der Waals surface area contributed by atoms with E-state index in [2.05, 4.69) is 10.1 Å². The summed E-state index contributed by atoms with van der Waals surface area (Å²) in [4.78, 5) is 12.8. The van der Waals surface area contributed by atoms with Gasteiger partial charge in [0.1, 0.15) is 11.5 Å². The van der Waals surface area contributed by atoms with Crippen molar-refractivity contribution >= 4 is 34.9 Å². The molecule has 0 unspecified atom stereocenters. The van der Waals surface area contributed by atoms with Gasteiger partial charge in [0.15, 0.2) is 9.84 Å². The molecule has 1 heterocycles. The largest absolute Gasteiger partial charge is 0.496 e. The summed E-state index contributed by atoms with van der Waals surface area (Å²) in [7, 11) is -2.32. The van der Waals surface area contributed by atoms with Gasteiger partial charge in [-0.2, -0.15) is 22.3 Å². The lowest BCUT2D eigenvalue weighted by Gasteiger charge is -2.15. The van der Waals surface area contributed by atoms with E-state index in [1.165, 1.54) is 49.6 Å². The molecule has 1 aliphatic heterocycles. The third kappa shape index (κ3) is 6.31. The van der Waals surface area contributed by atoms with Crippen LogP contribution in [0.15, 0.2) is 47.4 Å². The number of hydrogen-bond donors (Lipinski definition) is 1. The van der Waals surface area contributed by atoms with Crippen LogP contribution in [0.3, 0.4) is 0 Å². The summed E-state index contributed by atoms with van der Waals surface area (Å²) in [5.41, 5.74) is -0.0330. The minimum atomic E-state index is -3.66. The Kier molecular flexibility index (Phi) is 8.66. The number of halogens is 2. The van der Waals surface area contributed by atoms with Crippen molar-refractivity contribution in [1.29, 1.82) is 0 Å². The van der Waals surface area contributed by atoms with Gasteiger partial charge in [0.2, 0.25) is 0 Å². The number of carbonyl (C=O) groups excluding carboxylic acids is 1. The Morgan fingerprint density at radius 2 is 1.97 bits per heavy atom. The first kappa shape index (κ1) is 24.9. The molecule has 2 aromatic carbocycles. The summed E-state index contributed by atoms with van der Waals surface area (Å²) in [6.45, 7) is -2.16. The molecule has 0 radical (unpaired) electrons. The summed E-state index contributed by atoms with van der Waals surface area (Å²) < 4.78 is 65.5. The number of methoxy groups -OCH3 is 1. The summed E-state index contributed by atoms with van der Waals surface area (Å²) in [5.74, 6) is -0.996. The van der Waals surface area contributed by atoms with Crippen LogP contribution in [-0.4, -0.2) is 47.0 Å². The maximum absolute atomic E-state index is 12.8. The number of alkyl halides is 2. The number of anilines is 1. The maximum Gasteiger partial charge on any atom is 0.387 e. The molecule has 0 bridgehead atoms. The van der Waals surface area contributed by atoms with Gasteiger partial charge in [0.25, 0.3) is 5.91 Å². The fourth-order valence-corrected chi connectivity index (χ4v) is 4.79. The molecule has 1 saturated heterocycles. The normalized spacial score (nSPS) is 15.9. The van der Waals surface area contributed by atoms with Gasteiger partial charge >= 0.3 is 6.61 Å². The SMILES string of the molecule is COc1ccc(S(=O)(=O)C[C@H]2CCOC2)cc1C(=O)Nc1ccccc1OC(F)F.S. The van der Waals surface area contributed by atoms with Gasteiger partial charge in [-0.15, -0.1) is 0 Å². The van der Waals surface area contributed by atoms with Crippen LogP contribution < -0.4 is 14.8 Å². The third-order valence-electron chi connectivity index (χ3n) is 4.61. The first-order valence-corrected chi connectivity index (χ1v) is 10.8. The smallest absolute Gasteiger partial charge is 0.387 e. The summed E-state index contributed by atoms with van der Waals surface area (Å²) in [5, 5.41) is 2.47. The van der Waals surface area contributed by atoms with Crippen LogP contribution in [0.1, 0.15) is 16.8 Å². The van der Waals surface area contributed by atoms with E-state index in [0.29, 0.717) is 19.6 Å². The topological polar surface area (TPSA) is 90.9 Å². The molecule has 0 spiro atoms. The van der Waals surface area contributed by atoms with Crippen molar-refractivity contribution in [3.63, 3.8) is 0 Å². The number of ether oxygens (including phenoxy) is 3. The quantitative estimate of drug-likeness (QED) is 0.629. The summed E-state index contributed by atoms with van der Waals surface area (Å²) >= 11 is 0. The van der Waals surface area contributed by atoms with Gasteiger partial charge in [-0.25, -0.2) is 8.42 Å². The van der Waals surface area contributed by atoms with Crippen LogP contribution in [0.4, 0.5) is 14.5 Å².